The molecule has 56 valence electrons. The van der Waals surface area contributed by atoms with E-state index >= 15 is 0 Å². The van der Waals surface area contributed by atoms with Crippen molar-refractivity contribution in [2.45, 2.75) is 13.8 Å². The van der Waals surface area contributed by atoms with Crippen LogP contribution in [0.2, 0.25) is 0 Å². The quantitative estimate of drug-likeness (QED) is 0.537. The standard InChI is InChI=1S/C4H8.H2O3S2/c1-3-4-2;1-5(2,3)4/h3-4H,1-2H3;(H2,1,2,3,4). The van der Waals surface area contributed by atoms with E-state index in [0.717, 1.165) is 0 Å². The highest BCUT2D eigenvalue weighted by molar-refractivity contribution is 8.26. The van der Waals surface area contributed by atoms with Crippen molar-refractivity contribution in [2.24, 2.45) is 0 Å². The molecule has 0 saturated heterocycles. The van der Waals surface area contributed by atoms with E-state index in [1.807, 2.05) is 26.0 Å². The Labute approximate surface area is 60.1 Å². The van der Waals surface area contributed by atoms with Gasteiger partial charge >= 0.3 is 0 Å². The molecule has 0 aliphatic heterocycles. The van der Waals surface area contributed by atoms with Gasteiger partial charge in [0.25, 0.3) is 9.05 Å². The lowest BCUT2D eigenvalue weighted by Crippen LogP contribution is -1.86. The number of hydrogen-bond donors (Lipinski definition) is 2. The molecule has 0 aliphatic carbocycles. The van der Waals surface area contributed by atoms with Crippen LogP contribution in [0.4, 0.5) is 0 Å². The van der Waals surface area contributed by atoms with Gasteiger partial charge in [-0.1, -0.05) is 12.2 Å². The van der Waals surface area contributed by atoms with Crippen molar-refractivity contribution in [3.63, 3.8) is 0 Å². The molecule has 0 aliphatic rings. The van der Waals surface area contributed by atoms with Gasteiger partial charge in [0.15, 0.2) is 0 Å². The Morgan fingerprint density at radius 2 is 1.44 bits per heavy atom. The summed E-state index contributed by atoms with van der Waals surface area (Å²) in [7, 11) is -3.83. The van der Waals surface area contributed by atoms with Crippen LogP contribution in [-0.2, 0) is 20.2 Å². The van der Waals surface area contributed by atoms with Gasteiger partial charge in [-0.25, -0.2) is 0 Å². The molecule has 0 fully saturated rings. The Bertz CT molecular complexity index is 145. The molecule has 0 aromatic rings. The van der Waals surface area contributed by atoms with E-state index in [4.69, 9.17) is 13.3 Å². The summed E-state index contributed by atoms with van der Waals surface area (Å²) < 4.78 is 24.0. The Kier molecular flexibility index (Phi) is 8.06. The summed E-state index contributed by atoms with van der Waals surface area (Å²) in [6, 6.07) is 0. The highest BCUT2D eigenvalue weighted by Gasteiger charge is 1.78. The minimum Gasteiger partial charge on any atom is -0.285 e. The summed E-state index contributed by atoms with van der Waals surface area (Å²) in [5.41, 5.74) is 0. The molecule has 5 heteroatoms. The third-order valence-corrected chi connectivity index (χ3v) is 0.333. The Morgan fingerprint density at radius 1 is 1.33 bits per heavy atom. The van der Waals surface area contributed by atoms with E-state index in [2.05, 4.69) is 11.2 Å². The summed E-state index contributed by atoms with van der Waals surface area (Å²) in [5, 5.41) is 0. The van der Waals surface area contributed by atoms with Gasteiger partial charge in [0, 0.05) is 11.2 Å². The van der Waals surface area contributed by atoms with Crippen molar-refractivity contribution >= 4 is 20.2 Å². The Hall–Kier alpha value is 0.0300. The van der Waals surface area contributed by atoms with Gasteiger partial charge in [0.1, 0.15) is 0 Å². The summed E-state index contributed by atoms with van der Waals surface area (Å²) in [6.45, 7) is 4.00. The second-order valence-electron chi connectivity index (χ2n) is 1.11. The topological polar surface area (TPSA) is 57.5 Å². The van der Waals surface area contributed by atoms with Crippen molar-refractivity contribution in [2.75, 3.05) is 0 Å². The van der Waals surface area contributed by atoms with E-state index in [-0.39, 0.29) is 0 Å². The van der Waals surface area contributed by atoms with E-state index in [0.29, 0.717) is 0 Å². The molecule has 0 bridgehead atoms. The molecule has 2 N–H and O–H groups in total. The minimum atomic E-state index is -3.83. The zero-order chi connectivity index (χ0) is 7.91. The van der Waals surface area contributed by atoms with E-state index in [9.17, 15) is 0 Å². The Morgan fingerprint density at radius 3 is 1.44 bits per heavy atom. The van der Waals surface area contributed by atoms with Crippen LogP contribution in [0.3, 0.4) is 0 Å². The third kappa shape index (κ3) is 275. The molecule has 9 heavy (non-hydrogen) atoms. The molecule has 0 aromatic carbocycles. The van der Waals surface area contributed by atoms with Gasteiger partial charge < -0.3 is 0 Å². The van der Waals surface area contributed by atoms with Crippen molar-refractivity contribution in [3.05, 3.63) is 12.2 Å². The maximum absolute atomic E-state index is 9.11. The van der Waals surface area contributed by atoms with Gasteiger partial charge in [-0.15, -0.1) is 0 Å². The van der Waals surface area contributed by atoms with Gasteiger partial charge in [0.05, 0.1) is 0 Å². The van der Waals surface area contributed by atoms with Gasteiger partial charge in [-0.2, -0.15) is 4.21 Å². The summed E-state index contributed by atoms with van der Waals surface area (Å²) in [4.78, 5) is 0. The van der Waals surface area contributed by atoms with Crippen molar-refractivity contribution in [1.82, 2.24) is 0 Å². The molecule has 3 nitrogen and oxygen atoms in total. The predicted octanol–water partition coefficient (Wildman–Crippen LogP) is 1.26. The molecule has 0 aromatic heterocycles. The average molecular weight is 170 g/mol. The fourth-order valence-corrected chi connectivity index (χ4v) is 0. The molecule has 0 rings (SSSR count). The highest BCUT2D eigenvalue weighted by Crippen LogP contribution is 1.62. The first-order valence-electron chi connectivity index (χ1n) is 2.19. The summed E-state index contributed by atoms with van der Waals surface area (Å²) in [5.74, 6) is 0. The van der Waals surface area contributed by atoms with Crippen LogP contribution >= 0.6 is 0 Å². The summed E-state index contributed by atoms with van der Waals surface area (Å²) >= 11 is 3.47. The largest absolute Gasteiger partial charge is 0.285 e. The van der Waals surface area contributed by atoms with Crippen LogP contribution in [0.1, 0.15) is 13.8 Å². The Balaban J connectivity index is 0. The molecule has 0 spiro atoms. The normalized spacial score (nSPS) is 10.7. The van der Waals surface area contributed by atoms with Crippen LogP contribution in [-0.4, -0.2) is 13.3 Å². The second kappa shape index (κ2) is 6.15. The van der Waals surface area contributed by atoms with Crippen LogP contribution in [0, 0.1) is 0 Å². The first-order chi connectivity index (χ1) is 3.91. The molecule has 0 radical (unpaired) electrons. The minimum absolute atomic E-state index is 2.00. The highest BCUT2D eigenvalue weighted by atomic mass is 32.9. The lowest BCUT2D eigenvalue weighted by atomic mass is 10.6. The fourth-order valence-electron chi connectivity index (χ4n) is 0. The monoisotopic (exact) mass is 170 g/mol. The van der Waals surface area contributed by atoms with Gasteiger partial charge in [0.2, 0.25) is 0 Å². The molecule has 0 atom stereocenters. The number of rotatable bonds is 0. The second-order valence-corrected chi connectivity index (χ2v) is 3.31. The molecular weight excluding hydrogens is 160 g/mol. The van der Waals surface area contributed by atoms with Crippen molar-refractivity contribution in [3.8, 4) is 0 Å². The molecule has 0 amide bonds. The maximum Gasteiger partial charge on any atom is 0.263 e. The van der Waals surface area contributed by atoms with E-state index in [1.54, 1.807) is 0 Å². The maximum atomic E-state index is 9.11. The third-order valence-electron chi connectivity index (χ3n) is 0.333. The summed E-state index contributed by atoms with van der Waals surface area (Å²) in [6.07, 6.45) is 4.00. The first kappa shape index (κ1) is 11.8. The van der Waals surface area contributed by atoms with Crippen LogP contribution in [0.25, 0.3) is 0 Å². The van der Waals surface area contributed by atoms with Crippen LogP contribution in [0.15, 0.2) is 12.2 Å². The molecule has 0 saturated carbocycles. The smallest absolute Gasteiger partial charge is 0.263 e. The average Bonchev–Trinajstić information content (AvgIpc) is 1.61. The number of hydrogen-bond acceptors (Lipinski definition) is 2. The zero-order valence-corrected chi connectivity index (χ0v) is 6.91. The van der Waals surface area contributed by atoms with Gasteiger partial charge in [-0.05, 0) is 13.8 Å². The van der Waals surface area contributed by atoms with Crippen LogP contribution in [0.5, 0.6) is 0 Å². The zero-order valence-electron chi connectivity index (χ0n) is 5.27. The fraction of sp³-hybridized carbons (Fsp3) is 0.500. The van der Waals surface area contributed by atoms with E-state index < -0.39 is 9.05 Å². The predicted molar refractivity (Wildman–Crippen MR) is 41.3 cm³/mol. The van der Waals surface area contributed by atoms with Crippen molar-refractivity contribution in [1.29, 1.82) is 0 Å². The van der Waals surface area contributed by atoms with Crippen molar-refractivity contribution < 1.29 is 13.3 Å². The number of allylic oxidation sites excluding steroid dienone is 2. The van der Waals surface area contributed by atoms with E-state index in [1.165, 1.54) is 0 Å². The van der Waals surface area contributed by atoms with Gasteiger partial charge in [-0.3, -0.25) is 9.11 Å². The lowest BCUT2D eigenvalue weighted by molar-refractivity contribution is 0.450. The molecule has 0 unspecified atom stereocenters. The molecule has 0 heterocycles. The SMILES string of the molecule is CC=CC.O=S(O)(O)=S. The molecular formula is C4H10O3S2. The lowest BCUT2D eigenvalue weighted by Gasteiger charge is -1.73. The van der Waals surface area contributed by atoms with Crippen LogP contribution < -0.4 is 0 Å². The first-order valence-corrected chi connectivity index (χ1v) is 4.58.